The van der Waals surface area contributed by atoms with Gasteiger partial charge in [-0.1, -0.05) is 12.1 Å². The molecule has 0 bridgehead atoms. The Labute approximate surface area is 141 Å². The third kappa shape index (κ3) is 2.51. The molecule has 1 aromatic heterocycles. The highest BCUT2D eigenvalue weighted by Crippen LogP contribution is 2.47. The van der Waals surface area contributed by atoms with E-state index in [1.54, 1.807) is 7.11 Å². The molecule has 1 aromatic carbocycles. The van der Waals surface area contributed by atoms with Crippen molar-refractivity contribution >= 4 is 0 Å². The minimum Gasteiger partial charge on any atom is -0.496 e. The van der Waals surface area contributed by atoms with E-state index in [1.807, 2.05) is 24.7 Å². The monoisotopic (exact) mass is 330 g/mol. The van der Waals surface area contributed by atoms with Gasteiger partial charge in [0.25, 0.3) is 0 Å². The Morgan fingerprint density at radius 1 is 1.38 bits per heavy atom. The summed E-state index contributed by atoms with van der Waals surface area (Å²) in [5, 5.41) is 9.62. The van der Waals surface area contributed by atoms with E-state index in [0.717, 1.165) is 23.4 Å². The van der Waals surface area contributed by atoms with E-state index in [4.69, 9.17) is 4.74 Å². The highest BCUT2D eigenvalue weighted by Gasteiger charge is 2.37. The Morgan fingerprint density at radius 2 is 2.17 bits per heavy atom. The molecule has 1 unspecified atom stereocenters. The summed E-state index contributed by atoms with van der Waals surface area (Å²) in [6.07, 6.45) is 6.66. The molecular formula is C19H23FN2O2. The van der Waals surface area contributed by atoms with Crippen molar-refractivity contribution in [1.82, 2.24) is 9.55 Å². The zero-order valence-electron chi connectivity index (χ0n) is 13.9. The van der Waals surface area contributed by atoms with Crippen LogP contribution in [-0.4, -0.2) is 33.5 Å². The van der Waals surface area contributed by atoms with Crippen LogP contribution in [0.3, 0.4) is 0 Å². The normalized spacial score (nSPS) is 28.5. The van der Waals surface area contributed by atoms with Crippen LogP contribution in [-0.2, 0) is 0 Å². The number of aromatic nitrogens is 2. The number of aliphatic hydroxyl groups excluding tert-OH is 1. The van der Waals surface area contributed by atoms with E-state index < -0.39 is 5.67 Å². The van der Waals surface area contributed by atoms with Crippen LogP contribution in [0.1, 0.15) is 50.1 Å². The van der Waals surface area contributed by atoms with Crippen LogP contribution < -0.4 is 4.74 Å². The van der Waals surface area contributed by atoms with Crippen LogP contribution in [0.5, 0.6) is 5.75 Å². The van der Waals surface area contributed by atoms with Crippen molar-refractivity contribution in [3.8, 4) is 17.0 Å². The smallest absolute Gasteiger partial charge is 0.128 e. The molecule has 0 spiro atoms. The van der Waals surface area contributed by atoms with Crippen LogP contribution in [0.15, 0.2) is 30.7 Å². The van der Waals surface area contributed by atoms with Gasteiger partial charge in [0, 0.05) is 5.56 Å². The molecule has 4 nitrogen and oxygen atoms in total. The average Bonchev–Trinajstić information content (AvgIpc) is 3.17. The van der Waals surface area contributed by atoms with E-state index in [2.05, 4.69) is 15.6 Å². The summed E-state index contributed by atoms with van der Waals surface area (Å²) >= 11 is 0. The van der Waals surface area contributed by atoms with Gasteiger partial charge in [0.1, 0.15) is 11.4 Å². The standard InChI is InChI=1S/C19H23FN2O2/c1-24-17-4-2-3-14-15(22-12-21-11-16(22)18(14)17)7-10-19(20)8-5-13(23)6-9-19/h2-4,11-13,15,23H,5-10H2,1H3. The molecule has 2 aliphatic rings. The summed E-state index contributed by atoms with van der Waals surface area (Å²) < 4.78 is 22.7. The molecule has 1 fully saturated rings. The van der Waals surface area contributed by atoms with E-state index in [-0.39, 0.29) is 12.1 Å². The summed E-state index contributed by atoms with van der Waals surface area (Å²) in [6.45, 7) is 0. The van der Waals surface area contributed by atoms with Gasteiger partial charge in [-0.3, -0.25) is 0 Å². The second-order valence-electron chi connectivity index (χ2n) is 7.05. The van der Waals surface area contributed by atoms with E-state index in [9.17, 15) is 5.11 Å². The Morgan fingerprint density at radius 3 is 2.92 bits per heavy atom. The molecule has 5 heteroatoms. The molecular weight excluding hydrogens is 307 g/mol. The molecule has 1 aliphatic carbocycles. The van der Waals surface area contributed by atoms with E-state index in [0.29, 0.717) is 32.1 Å². The summed E-state index contributed by atoms with van der Waals surface area (Å²) in [6, 6.07) is 6.15. The van der Waals surface area contributed by atoms with Crippen LogP contribution in [0.25, 0.3) is 11.3 Å². The maximum atomic E-state index is 15.1. The quantitative estimate of drug-likeness (QED) is 0.925. The number of benzene rings is 1. The largest absolute Gasteiger partial charge is 0.496 e. The topological polar surface area (TPSA) is 47.3 Å². The van der Waals surface area contributed by atoms with Gasteiger partial charge < -0.3 is 14.4 Å². The number of methoxy groups -OCH3 is 1. The van der Waals surface area contributed by atoms with Crippen LogP contribution in [0, 0.1) is 0 Å². The molecule has 4 rings (SSSR count). The first-order valence-corrected chi connectivity index (χ1v) is 8.67. The minimum absolute atomic E-state index is 0.104. The van der Waals surface area contributed by atoms with Gasteiger partial charge in [-0.25, -0.2) is 9.37 Å². The first kappa shape index (κ1) is 15.6. The molecule has 1 saturated carbocycles. The molecule has 1 N–H and O–H groups in total. The summed E-state index contributed by atoms with van der Waals surface area (Å²) in [5.41, 5.74) is 2.15. The Bertz CT molecular complexity index is 735. The highest BCUT2D eigenvalue weighted by atomic mass is 19.1. The fourth-order valence-corrected chi connectivity index (χ4v) is 4.23. The van der Waals surface area contributed by atoms with Gasteiger partial charge >= 0.3 is 0 Å². The van der Waals surface area contributed by atoms with Crippen LogP contribution >= 0.6 is 0 Å². The zero-order valence-corrected chi connectivity index (χ0v) is 13.9. The molecule has 0 amide bonds. The molecule has 0 radical (unpaired) electrons. The number of fused-ring (bicyclic) bond motifs is 3. The SMILES string of the molecule is COc1cccc2c1-c1cncn1C2CCC1(F)CCC(O)CC1. The molecule has 24 heavy (non-hydrogen) atoms. The molecule has 1 aliphatic heterocycles. The highest BCUT2D eigenvalue weighted by molar-refractivity contribution is 5.75. The van der Waals surface area contributed by atoms with Crippen LogP contribution in [0.2, 0.25) is 0 Å². The first-order valence-electron chi connectivity index (χ1n) is 8.67. The predicted octanol–water partition coefficient (Wildman–Crippen LogP) is 3.88. The lowest BCUT2D eigenvalue weighted by Crippen LogP contribution is -2.32. The molecule has 2 heterocycles. The van der Waals surface area contributed by atoms with Gasteiger partial charge in [0.15, 0.2) is 0 Å². The Balaban J connectivity index is 1.59. The number of ether oxygens (including phenoxy) is 1. The Hall–Kier alpha value is -1.88. The zero-order chi connectivity index (χ0) is 16.7. The van der Waals surface area contributed by atoms with Crippen LogP contribution in [0.4, 0.5) is 4.39 Å². The fraction of sp³-hybridized carbons (Fsp3) is 0.526. The second-order valence-corrected chi connectivity index (χ2v) is 7.05. The molecule has 128 valence electrons. The summed E-state index contributed by atoms with van der Waals surface area (Å²) in [4.78, 5) is 4.27. The third-order valence-electron chi connectivity index (χ3n) is 5.61. The number of rotatable bonds is 4. The van der Waals surface area contributed by atoms with Crippen molar-refractivity contribution < 1.29 is 14.2 Å². The lowest BCUT2D eigenvalue weighted by Gasteiger charge is -2.33. The first-order chi connectivity index (χ1) is 11.6. The fourth-order valence-electron chi connectivity index (χ4n) is 4.23. The van der Waals surface area contributed by atoms with Crippen molar-refractivity contribution in [2.75, 3.05) is 7.11 Å². The average molecular weight is 330 g/mol. The van der Waals surface area contributed by atoms with Crippen molar-refractivity contribution in [3.63, 3.8) is 0 Å². The number of halogens is 1. The van der Waals surface area contributed by atoms with Crippen molar-refractivity contribution in [3.05, 3.63) is 36.3 Å². The Kier molecular flexibility index (Phi) is 3.83. The van der Waals surface area contributed by atoms with Crippen molar-refractivity contribution in [2.45, 2.75) is 56.3 Å². The number of aliphatic hydroxyl groups is 1. The summed E-state index contributed by atoms with van der Waals surface area (Å²) in [5.74, 6) is 0.840. The maximum Gasteiger partial charge on any atom is 0.128 e. The molecule has 1 atom stereocenters. The van der Waals surface area contributed by atoms with E-state index >= 15 is 4.39 Å². The maximum absolute atomic E-state index is 15.1. The van der Waals surface area contributed by atoms with E-state index in [1.165, 1.54) is 5.56 Å². The summed E-state index contributed by atoms with van der Waals surface area (Å²) in [7, 11) is 1.67. The van der Waals surface area contributed by atoms with Crippen molar-refractivity contribution in [1.29, 1.82) is 0 Å². The number of nitrogens with zero attached hydrogens (tertiary/aromatic N) is 2. The predicted molar refractivity (Wildman–Crippen MR) is 89.9 cm³/mol. The van der Waals surface area contributed by atoms with Gasteiger partial charge in [-0.15, -0.1) is 0 Å². The number of imidazole rings is 1. The second kappa shape index (κ2) is 5.88. The number of alkyl halides is 1. The number of hydrogen-bond acceptors (Lipinski definition) is 3. The van der Waals surface area contributed by atoms with Crippen molar-refractivity contribution in [2.24, 2.45) is 0 Å². The molecule has 0 saturated heterocycles. The number of hydrogen-bond donors (Lipinski definition) is 1. The van der Waals surface area contributed by atoms with Gasteiger partial charge in [-0.2, -0.15) is 0 Å². The molecule has 2 aromatic rings. The lowest BCUT2D eigenvalue weighted by molar-refractivity contribution is 0.0253. The van der Waals surface area contributed by atoms with Gasteiger partial charge in [-0.05, 0) is 50.2 Å². The third-order valence-corrected chi connectivity index (χ3v) is 5.61. The van der Waals surface area contributed by atoms with Gasteiger partial charge in [0.2, 0.25) is 0 Å². The van der Waals surface area contributed by atoms with Gasteiger partial charge in [0.05, 0.1) is 37.5 Å². The lowest BCUT2D eigenvalue weighted by atomic mass is 9.80. The minimum atomic E-state index is -1.15.